The van der Waals surface area contributed by atoms with Crippen LogP contribution >= 0.6 is 0 Å². The highest BCUT2D eigenvalue weighted by Crippen LogP contribution is 2.49. The molecule has 3 rings (SSSR count). The number of hydrogen-bond acceptors (Lipinski definition) is 5. The zero-order valence-electron chi connectivity index (χ0n) is 13.4. The second-order valence-electron chi connectivity index (χ2n) is 7.56. The highest BCUT2D eigenvalue weighted by atomic mass is 16.6. The van der Waals surface area contributed by atoms with Crippen LogP contribution in [0.15, 0.2) is 18.3 Å². The molecule has 2 aliphatic rings. The molecule has 22 heavy (non-hydrogen) atoms. The van der Waals surface area contributed by atoms with Crippen LogP contribution in [0, 0.1) is 5.41 Å². The fourth-order valence-electron chi connectivity index (χ4n) is 3.30. The Morgan fingerprint density at radius 2 is 2.14 bits per heavy atom. The number of nitrogens with two attached hydrogens (primary N) is 1. The van der Waals surface area contributed by atoms with E-state index in [2.05, 4.69) is 10.3 Å². The van der Waals surface area contributed by atoms with Crippen molar-refractivity contribution in [3.63, 3.8) is 0 Å². The fraction of sp³-hybridized carbons (Fsp3) is 0.625. The summed E-state index contributed by atoms with van der Waals surface area (Å²) in [6.07, 6.45) is 3.62. The lowest BCUT2D eigenvalue weighted by Gasteiger charge is -2.58. The van der Waals surface area contributed by atoms with Gasteiger partial charge in [0, 0.05) is 42.5 Å². The van der Waals surface area contributed by atoms with Gasteiger partial charge in [-0.25, -0.2) is 9.78 Å². The average molecular weight is 304 g/mol. The summed E-state index contributed by atoms with van der Waals surface area (Å²) in [6.45, 7) is 7.27. The second kappa shape index (κ2) is 5.04. The van der Waals surface area contributed by atoms with Crippen molar-refractivity contribution in [3.05, 3.63) is 18.3 Å². The maximum absolute atomic E-state index is 11.9. The lowest BCUT2D eigenvalue weighted by Crippen LogP contribution is -2.66. The van der Waals surface area contributed by atoms with Crippen molar-refractivity contribution < 1.29 is 9.53 Å². The molecule has 120 valence electrons. The minimum atomic E-state index is -0.428. The fourth-order valence-corrected chi connectivity index (χ4v) is 3.30. The van der Waals surface area contributed by atoms with E-state index in [4.69, 9.17) is 10.5 Å². The smallest absolute Gasteiger partial charge is 0.410 e. The van der Waals surface area contributed by atoms with Gasteiger partial charge in [0.2, 0.25) is 0 Å². The lowest BCUT2D eigenvalue weighted by atomic mass is 9.61. The van der Waals surface area contributed by atoms with Gasteiger partial charge in [0.15, 0.2) is 0 Å². The molecule has 6 nitrogen and oxygen atoms in total. The Kier molecular flexibility index (Phi) is 3.42. The number of anilines is 2. The molecule has 0 radical (unpaired) electrons. The molecule has 1 aliphatic carbocycles. The molecular weight excluding hydrogens is 280 g/mol. The van der Waals surface area contributed by atoms with Crippen LogP contribution in [0.5, 0.6) is 0 Å². The van der Waals surface area contributed by atoms with Crippen LogP contribution in [0.4, 0.5) is 16.3 Å². The largest absolute Gasteiger partial charge is 0.444 e. The van der Waals surface area contributed by atoms with Crippen molar-refractivity contribution in [1.29, 1.82) is 0 Å². The summed E-state index contributed by atoms with van der Waals surface area (Å²) in [4.78, 5) is 18.0. The SMILES string of the molecule is CC(C)(C)OC(=O)N1CC2(CC(Nc3cc(N)ccn3)C2)C1. The molecule has 0 aromatic carbocycles. The number of pyridine rings is 1. The Bertz CT molecular complexity index is 568. The summed E-state index contributed by atoms with van der Waals surface area (Å²) in [5.74, 6) is 0.822. The van der Waals surface area contributed by atoms with Crippen LogP contribution in [0.25, 0.3) is 0 Å². The molecule has 1 amide bonds. The van der Waals surface area contributed by atoms with Crippen molar-refractivity contribution in [2.45, 2.75) is 45.3 Å². The molecule has 1 saturated heterocycles. The summed E-state index contributed by atoms with van der Waals surface area (Å²) in [7, 11) is 0. The van der Waals surface area contributed by atoms with Gasteiger partial charge in [0.25, 0.3) is 0 Å². The molecule has 2 fully saturated rings. The summed E-state index contributed by atoms with van der Waals surface area (Å²) in [5, 5.41) is 3.40. The monoisotopic (exact) mass is 304 g/mol. The van der Waals surface area contributed by atoms with E-state index in [1.165, 1.54) is 0 Å². The molecule has 1 spiro atoms. The molecule has 1 aliphatic heterocycles. The van der Waals surface area contributed by atoms with E-state index in [0.29, 0.717) is 11.7 Å². The van der Waals surface area contributed by atoms with Gasteiger partial charge >= 0.3 is 6.09 Å². The molecule has 1 saturated carbocycles. The van der Waals surface area contributed by atoms with Crippen molar-refractivity contribution in [2.75, 3.05) is 24.1 Å². The topological polar surface area (TPSA) is 80.5 Å². The van der Waals surface area contributed by atoms with Gasteiger partial charge in [-0.3, -0.25) is 0 Å². The predicted octanol–water partition coefficient (Wildman–Crippen LogP) is 2.48. The Morgan fingerprint density at radius 3 is 2.73 bits per heavy atom. The van der Waals surface area contributed by atoms with Gasteiger partial charge in [-0.1, -0.05) is 0 Å². The first-order valence-electron chi connectivity index (χ1n) is 7.71. The minimum absolute atomic E-state index is 0.202. The maximum Gasteiger partial charge on any atom is 0.410 e. The van der Waals surface area contributed by atoms with Crippen LogP contribution in [-0.2, 0) is 4.74 Å². The van der Waals surface area contributed by atoms with Crippen LogP contribution in [0.2, 0.25) is 0 Å². The number of carbonyl (C=O) groups excluding carboxylic acids is 1. The van der Waals surface area contributed by atoms with Crippen LogP contribution in [0.1, 0.15) is 33.6 Å². The van der Waals surface area contributed by atoms with E-state index >= 15 is 0 Å². The number of amides is 1. The van der Waals surface area contributed by atoms with Gasteiger partial charge < -0.3 is 20.7 Å². The van der Waals surface area contributed by atoms with Gasteiger partial charge in [0.05, 0.1) is 0 Å². The summed E-state index contributed by atoms with van der Waals surface area (Å²) < 4.78 is 5.39. The standard InChI is InChI=1S/C16H24N4O2/c1-15(2,3)22-14(21)20-9-16(10-20)7-12(8-16)19-13-6-11(17)4-5-18-13/h4-6,12H,7-10H2,1-3H3,(H3,17,18,19). The summed E-state index contributed by atoms with van der Waals surface area (Å²) in [5.41, 5.74) is 6.31. The number of nitrogens with one attached hydrogen (secondary N) is 1. The minimum Gasteiger partial charge on any atom is -0.444 e. The van der Waals surface area contributed by atoms with E-state index in [9.17, 15) is 4.79 Å². The number of likely N-dealkylation sites (tertiary alicyclic amines) is 1. The molecule has 3 N–H and O–H groups in total. The number of ether oxygens (including phenoxy) is 1. The van der Waals surface area contributed by atoms with Crippen LogP contribution < -0.4 is 11.1 Å². The number of aromatic nitrogens is 1. The first kappa shape index (κ1) is 14.9. The molecule has 0 bridgehead atoms. The third-order valence-corrected chi connectivity index (χ3v) is 4.20. The quantitative estimate of drug-likeness (QED) is 0.877. The maximum atomic E-state index is 11.9. The van der Waals surface area contributed by atoms with Gasteiger partial charge in [0.1, 0.15) is 11.4 Å². The lowest BCUT2D eigenvalue weighted by molar-refractivity contribution is -0.0739. The van der Waals surface area contributed by atoms with Crippen molar-refractivity contribution in [3.8, 4) is 0 Å². The number of nitrogen functional groups attached to an aromatic ring is 1. The summed E-state index contributed by atoms with van der Waals surface area (Å²) >= 11 is 0. The summed E-state index contributed by atoms with van der Waals surface area (Å²) in [6, 6.07) is 4.03. The normalized spacial score (nSPS) is 20.2. The van der Waals surface area contributed by atoms with E-state index in [0.717, 1.165) is 31.7 Å². The Hall–Kier alpha value is -1.98. The van der Waals surface area contributed by atoms with Gasteiger partial charge in [-0.2, -0.15) is 0 Å². The van der Waals surface area contributed by atoms with Crippen molar-refractivity contribution in [1.82, 2.24) is 9.88 Å². The third-order valence-electron chi connectivity index (χ3n) is 4.20. The van der Waals surface area contributed by atoms with Crippen LogP contribution in [0.3, 0.4) is 0 Å². The Labute approximate surface area is 131 Å². The zero-order chi connectivity index (χ0) is 16.0. The van der Waals surface area contributed by atoms with E-state index in [1.807, 2.05) is 26.8 Å². The highest BCUT2D eigenvalue weighted by Gasteiger charge is 2.54. The molecule has 1 aromatic rings. The third kappa shape index (κ3) is 3.10. The number of hydrogen-bond donors (Lipinski definition) is 2. The van der Waals surface area contributed by atoms with Gasteiger partial charge in [-0.15, -0.1) is 0 Å². The molecule has 0 unspecified atom stereocenters. The molecule has 6 heteroatoms. The first-order chi connectivity index (χ1) is 10.2. The predicted molar refractivity (Wildman–Crippen MR) is 85.5 cm³/mol. The molecule has 2 heterocycles. The molecule has 0 atom stereocenters. The average Bonchev–Trinajstić information content (AvgIpc) is 2.28. The Balaban J connectivity index is 1.44. The second-order valence-corrected chi connectivity index (χ2v) is 7.56. The van der Waals surface area contributed by atoms with Crippen molar-refractivity contribution >= 4 is 17.6 Å². The number of rotatable bonds is 2. The molecular formula is C16H24N4O2. The highest BCUT2D eigenvalue weighted by molar-refractivity contribution is 5.69. The molecule has 1 aromatic heterocycles. The number of nitrogens with zero attached hydrogens (tertiary/aromatic N) is 2. The van der Waals surface area contributed by atoms with E-state index in [1.54, 1.807) is 17.2 Å². The van der Waals surface area contributed by atoms with E-state index in [-0.39, 0.29) is 11.5 Å². The first-order valence-corrected chi connectivity index (χ1v) is 7.71. The van der Waals surface area contributed by atoms with Crippen LogP contribution in [-0.4, -0.2) is 40.7 Å². The van der Waals surface area contributed by atoms with E-state index < -0.39 is 5.60 Å². The number of carbonyl (C=O) groups is 1. The van der Waals surface area contributed by atoms with Gasteiger partial charge in [-0.05, 0) is 39.7 Å². The van der Waals surface area contributed by atoms with Crippen molar-refractivity contribution in [2.24, 2.45) is 5.41 Å². The Morgan fingerprint density at radius 1 is 1.45 bits per heavy atom. The zero-order valence-corrected chi connectivity index (χ0v) is 13.4.